The van der Waals surface area contributed by atoms with Crippen LogP contribution in [0.15, 0.2) is 12.4 Å². The van der Waals surface area contributed by atoms with Gasteiger partial charge in [-0.15, -0.1) is 0 Å². The third-order valence-electron chi connectivity index (χ3n) is 4.57. The van der Waals surface area contributed by atoms with Crippen molar-refractivity contribution in [3.05, 3.63) is 40.6 Å². The monoisotopic (exact) mass is 356 g/mol. The van der Waals surface area contributed by atoms with E-state index < -0.39 is 6.55 Å². The molecule has 0 aromatic carbocycles. The molecule has 0 bridgehead atoms. The van der Waals surface area contributed by atoms with Gasteiger partial charge in [0.1, 0.15) is 29.3 Å². The van der Waals surface area contributed by atoms with E-state index in [2.05, 4.69) is 21.4 Å². The SMILES string of the molecule is N#Cc1c(NCc2nccn2C(F)F)nc2c(c1C#N)CCCCCC2. The quantitative estimate of drug-likeness (QED) is 0.902. The number of nitriles is 2. The average Bonchev–Trinajstić information content (AvgIpc) is 3.08. The number of rotatable bonds is 4. The second-order valence-corrected chi connectivity index (χ2v) is 6.16. The lowest BCUT2D eigenvalue weighted by atomic mass is 9.92. The van der Waals surface area contributed by atoms with Gasteiger partial charge in [-0.2, -0.15) is 19.3 Å². The van der Waals surface area contributed by atoms with Crippen molar-refractivity contribution < 1.29 is 8.78 Å². The Morgan fingerprint density at radius 2 is 1.85 bits per heavy atom. The van der Waals surface area contributed by atoms with Crippen molar-refractivity contribution in [2.24, 2.45) is 0 Å². The van der Waals surface area contributed by atoms with Gasteiger partial charge >= 0.3 is 6.55 Å². The number of fused-ring (bicyclic) bond motifs is 1. The number of imidazole rings is 1. The molecule has 1 aliphatic carbocycles. The predicted molar refractivity (Wildman–Crippen MR) is 90.3 cm³/mol. The van der Waals surface area contributed by atoms with Gasteiger partial charge in [0.25, 0.3) is 0 Å². The molecular formula is C18H18F2N6. The molecule has 26 heavy (non-hydrogen) atoms. The van der Waals surface area contributed by atoms with Crippen LogP contribution >= 0.6 is 0 Å². The zero-order valence-electron chi connectivity index (χ0n) is 14.2. The second kappa shape index (κ2) is 7.92. The summed E-state index contributed by atoms with van der Waals surface area (Å²) in [4.78, 5) is 8.47. The Bertz CT molecular complexity index is 875. The maximum absolute atomic E-state index is 12.9. The number of pyridine rings is 1. The molecule has 1 N–H and O–H groups in total. The lowest BCUT2D eigenvalue weighted by Crippen LogP contribution is -2.14. The fourth-order valence-corrected chi connectivity index (χ4v) is 3.28. The number of hydrogen-bond acceptors (Lipinski definition) is 5. The lowest BCUT2D eigenvalue weighted by Gasteiger charge is -2.18. The van der Waals surface area contributed by atoms with Gasteiger partial charge in [-0.05, 0) is 31.2 Å². The molecule has 1 aliphatic rings. The maximum Gasteiger partial charge on any atom is 0.319 e. The first-order valence-corrected chi connectivity index (χ1v) is 8.55. The molecule has 0 saturated heterocycles. The van der Waals surface area contributed by atoms with E-state index in [9.17, 15) is 19.3 Å². The summed E-state index contributed by atoms with van der Waals surface area (Å²) < 4.78 is 26.6. The molecule has 0 radical (unpaired) electrons. The summed E-state index contributed by atoms with van der Waals surface area (Å²) in [7, 11) is 0. The van der Waals surface area contributed by atoms with E-state index in [0.29, 0.717) is 5.56 Å². The first-order valence-electron chi connectivity index (χ1n) is 8.55. The van der Waals surface area contributed by atoms with Crippen molar-refractivity contribution in [1.29, 1.82) is 10.5 Å². The van der Waals surface area contributed by atoms with Crippen LogP contribution in [0.5, 0.6) is 0 Å². The van der Waals surface area contributed by atoms with Crippen LogP contribution in [0.2, 0.25) is 0 Å². The Morgan fingerprint density at radius 1 is 1.12 bits per heavy atom. The summed E-state index contributed by atoms with van der Waals surface area (Å²) in [6, 6.07) is 4.19. The van der Waals surface area contributed by atoms with Gasteiger partial charge in [0.15, 0.2) is 0 Å². The third-order valence-corrected chi connectivity index (χ3v) is 4.57. The van der Waals surface area contributed by atoms with Crippen molar-refractivity contribution in [1.82, 2.24) is 14.5 Å². The highest BCUT2D eigenvalue weighted by Gasteiger charge is 2.21. The number of alkyl halides is 2. The van der Waals surface area contributed by atoms with Crippen LogP contribution in [0.25, 0.3) is 0 Å². The summed E-state index contributed by atoms with van der Waals surface area (Å²) in [5.74, 6) is 0.392. The summed E-state index contributed by atoms with van der Waals surface area (Å²) in [6.45, 7) is -2.70. The molecule has 134 valence electrons. The second-order valence-electron chi connectivity index (χ2n) is 6.16. The minimum atomic E-state index is -2.69. The van der Waals surface area contributed by atoms with Gasteiger partial charge in [0, 0.05) is 18.1 Å². The first-order chi connectivity index (χ1) is 12.7. The highest BCUT2D eigenvalue weighted by molar-refractivity contribution is 5.63. The van der Waals surface area contributed by atoms with Crippen molar-refractivity contribution in [2.45, 2.75) is 51.6 Å². The molecule has 2 heterocycles. The molecule has 0 fully saturated rings. The highest BCUT2D eigenvalue weighted by atomic mass is 19.3. The predicted octanol–water partition coefficient (Wildman–Crippen LogP) is 3.69. The lowest BCUT2D eigenvalue weighted by molar-refractivity contribution is 0.0673. The van der Waals surface area contributed by atoms with E-state index >= 15 is 0 Å². The molecule has 0 saturated carbocycles. The fraction of sp³-hybridized carbons (Fsp3) is 0.444. The van der Waals surface area contributed by atoms with Crippen molar-refractivity contribution in [3.8, 4) is 12.1 Å². The largest absolute Gasteiger partial charge is 0.362 e. The highest BCUT2D eigenvalue weighted by Crippen LogP contribution is 2.28. The van der Waals surface area contributed by atoms with Gasteiger partial charge in [-0.25, -0.2) is 9.97 Å². The fourth-order valence-electron chi connectivity index (χ4n) is 3.28. The number of nitrogens with one attached hydrogen (secondary N) is 1. The molecule has 0 atom stereocenters. The van der Waals surface area contributed by atoms with Crippen LogP contribution < -0.4 is 5.32 Å². The minimum absolute atomic E-state index is 0.0112. The van der Waals surface area contributed by atoms with Crippen LogP contribution in [0.1, 0.15) is 60.4 Å². The number of aryl methyl sites for hydroxylation is 1. The van der Waals surface area contributed by atoms with Crippen LogP contribution in [-0.2, 0) is 19.4 Å². The summed E-state index contributed by atoms with van der Waals surface area (Å²) in [6.07, 6.45) is 8.12. The maximum atomic E-state index is 12.9. The molecule has 6 nitrogen and oxygen atoms in total. The zero-order valence-corrected chi connectivity index (χ0v) is 14.2. The van der Waals surface area contributed by atoms with Gasteiger partial charge in [0.05, 0.1) is 12.1 Å². The molecule has 3 rings (SSSR count). The zero-order chi connectivity index (χ0) is 18.5. The number of nitrogens with zero attached hydrogens (tertiary/aromatic N) is 5. The first kappa shape index (κ1) is 17.8. The molecule has 0 amide bonds. The Morgan fingerprint density at radius 3 is 2.54 bits per heavy atom. The van der Waals surface area contributed by atoms with E-state index in [1.807, 2.05) is 6.07 Å². The van der Waals surface area contributed by atoms with Crippen LogP contribution in [0.4, 0.5) is 14.6 Å². The van der Waals surface area contributed by atoms with Crippen LogP contribution in [0, 0.1) is 22.7 Å². The van der Waals surface area contributed by atoms with Crippen LogP contribution in [0.3, 0.4) is 0 Å². The van der Waals surface area contributed by atoms with Gasteiger partial charge < -0.3 is 5.32 Å². The standard InChI is InChI=1S/C18H18F2N6/c19-18(20)26-8-7-23-16(26)11-24-17-14(10-22)13(9-21)12-5-3-1-2-4-6-15(12)25-17/h7-8,18H,1-6,11H2,(H,24,25). The van der Waals surface area contributed by atoms with Gasteiger partial charge in [-0.3, -0.25) is 4.57 Å². The van der Waals surface area contributed by atoms with Crippen LogP contribution in [-0.4, -0.2) is 14.5 Å². The summed E-state index contributed by atoms with van der Waals surface area (Å²) in [5, 5.41) is 22.0. The van der Waals surface area contributed by atoms with E-state index in [1.54, 1.807) is 0 Å². The number of halogens is 2. The Hall–Kier alpha value is -3.00. The van der Waals surface area contributed by atoms with Crippen molar-refractivity contribution in [3.63, 3.8) is 0 Å². The van der Waals surface area contributed by atoms with Gasteiger partial charge in [0.2, 0.25) is 0 Å². The normalized spacial score (nSPS) is 14.0. The smallest absolute Gasteiger partial charge is 0.319 e. The number of hydrogen-bond donors (Lipinski definition) is 1. The van der Waals surface area contributed by atoms with E-state index in [4.69, 9.17) is 0 Å². The molecule has 0 unspecified atom stereocenters. The molecular weight excluding hydrogens is 338 g/mol. The van der Waals surface area contributed by atoms with E-state index in [-0.39, 0.29) is 23.8 Å². The Balaban J connectivity index is 1.96. The molecule has 2 aromatic rings. The Kier molecular flexibility index (Phi) is 5.43. The average molecular weight is 356 g/mol. The number of aromatic nitrogens is 3. The number of anilines is 1. The summed E-state index contributed by atoms with van der Waals surface area (Å²) >= 11 is 0. The van der Waals surface area contributed by atoms with E-state index in [1.165, 1.54) is 12.4 Å². The van der Waals surface area contributed by atoms with Crippen molar-refractivity contribution >= 4 is 5.82 Å². The summed E-state index contributed by atoms with van der Waals surface area (Å²) in [5.41, 5.74) is 2.18. The third kappa shape index (κ3) is 3.50. The molecule has 0 spiro atoms. The molecule has 8 heteroatoms. The topological polar surface area (TPSA) is 90.3 Å². The van der Waals surface area contributed by atoms with E-state index in [0.717, 1.165) is 54.3 Å². The Labute approximate surface area is 150 Å². The molecule has 0 aliphatic heterocycles. The minimum Gasteiger partial charge on any atom is -0.362 e. The van der Waals surface area contributed by atoms with Crippen molar-refractivity contribution in [2.75, 3.05) is 5.32 Å². The van der Waals surface area contributed by atoms with Gasteiger partial charge in [-0.1, -0.05) is 12.8 Å². The molecule has 2 aromatic heterocycles.